The van der Waals surface area contributed by atoms with E-state index in [0.29, 0.717) is 24.4 Å². The van der Waals surface area contributed by atoms with Crippen molar-refractivity contribution in [2.24, 2.45) is 0 Å². The van der Waals surface area contributed by atoms with Gasteiger partial charge in [0.05, 0.1) is 6.54 Å². The Morgan fingerprint density at radius 1 is 1.09 bits per heavy atom. The molecule has 2 aliphatic rings. The van der Waals surface area contributed by atoms with Crippen LogP contribution >= 0.6 is 15.9 Å². The van der Waals surface area contributed by atoms with Crippen molar-refractivity contribution in [3.63, 3.8) is 0 Å². The van der Waals surface area contributed by atoms with E-state index in [-0.39, 0.29) is 19.0 Å². The first-order valence-corrected chi connectivity index (χ1v) is 11.1. The molecule has 4 amide bonds. The monoisotopic (exact) mass is 493 g/mol. The van der Waals surface area contributed by atoms with Crippen LogP contribution in [0.15, 0.2) is 69.6 Å². The molecule has 0 saturated carbocycles. The zero-order valence-corrected chi connectivity index (χ0v) is 18.6. The number of fused-ring (bicyclic) bond motifs is 2. The van der Waals surface area contributed by atoms with Crippen LogP contribution in [0.4, 0.5) is 4.79 Å². The standard InChI is InChI=1S/C24H20BrN3O4/c25-17-7-5-16(6-8-17)20-10-9-18(32-20)13-26-21(29)14-28-22(30)24(27-23(28)31)12-11-15-3-1-2-4-19(15)24/h1-10H,11-14H2,(H,26,29)(H,27,31). The molecule has 3 aromatic rings. The summed E-state index contributed by atoms with van der Waals surface area (Å²) in [6.45, 7) is -0.179. The number of carbonyl (C=O) groups excluding carboxylic acids is 3. The van der Waals surface area contributed by atoms with Crippen molar-refractivity contribution < 1.29 is 18.8 Å². The van der Waals surface area contributed by atoms with Crippen LogP contribution in [0.1, 0.15) is 23.3 Å². The normalized spacial score (nSPS) is 19.3. The van der Waals surface area contributed by atoms with Gasteiger partial charge in [-0.05, 0) is 48.2 Å². The predicted molar refractivity (Wildman–Crippen MR) is 120 cm³/mol. The summed E-state index contributed by atoms with van der Waals surface area (Å²) >= 11 is 3.40. The van der Waals surface area contributed by atoms with Crippen molar-refractivity contribution >= 4 is 33.8 Å². The lowest BCUT2D eigenvalue weighted by atomic mass is 9.92. The fraction of sp³-hybridized carbons (Fsp3) is 0.208. The lowest BCUT2D eigenvalue weighted by molar-refractivity contribution is -0.135. The van der Waals surface area contributed by atoms with Crippen molar-refractivity contribution in [3.8, 4) is 11.3 Å². The number of amides is 4. The SMILES string of the molecule is O=C(CN1C(=O)NC2(CCc3ccccc32)C1=O)NCc1ccc(-c2ccc(Br)cc2)o1. The van der Waals surface area contributed by atoms with E-state index in [1.165, 1.54) is 0 Å². The first kappa shape index (κ1) is 20.5. The number of nitrogens with zero attached hydrogens (tertiary/aromatic N) is 1. The van der Waals surface area contributed by atoms with Crippen molar-refractivity contribution in [1.29, 1.82) is 0 Å². The van der Waals surface area contributed by atoms with Gasteiger partial charge >= 0.3 is 6.03 Å². The fourth-order valence-corrected chi connectivity index (χ4v) is 4.62. The van der Waals surface area contributed by atoms with Gasteiger partial charge < -0.3 is 15.1 Å². The quantitative estimate of drug-likeness (QED) is 0.529. The highest BCUT2D eigenvalue weighted by molar-refractivity contribution is 9.10. The van der Waals surface area contributed by atoms with Gasteiger partial charge in [0.25, 0.3) is 5.91 Å². The Morgan fingerprint density at radius 2 is 1.88 bits per heavy atom. The van der Waals surface area contributed by atoms with Gasteiger partial charge in [-0.1, -0.05) is 52.3 Å². The Balaban J connectivity index is 1.22. The molecular weight excluding hydrogens is 474 g/mol. The third-order valence-electron chi connectivity index (χ3n) is 5.97. The average molecular weight is 494 g/mol. The maximum atomic E-state index is 13.1. The maximum absolute atomic E-state index is 13.1. The maximum Gasteiger partial charge on any atom is 0.325 e. The largest absolute Gasteiger partial charge is 0.459 e. The summed E-state index contributed by atoms with van der Waals surface area (Å²) in [5.74, 6) is 0.462. The molecule has 8 heteroatoms. The van der Waals surface area contributed by atoms with Crippen molar-refractivity contribution in [3.05, 3.63) is 82.0 Å². The topological polar surface area (TPSA) is 91.7 Å². The van der Waals surface area contributed by atoms with Crippen molar-refractivity contribution in [1.82, 2.24) is 15.5 Å². The number of halogens is 1. The summed E-state index contributed by atoms with van der Waals surface area (Å²) in [4.78, 5) is 39.2. The van der Waals surface area contributed by atoms with Crippen LogP contribution in [-0.4, -0.2) is 29.3 Å². The Kier molecular flexibility index (Phi) is 5.09. The Morgan fingerprint density at radius 3 is 2.69 bits per heavy atom. The number of rotatable bonds is 5. The number of carbonyl (C=O) groups is 3. The molecule has 1 aliphatic carbocycles. The molecule has 1 unspecified atom stereocenters. The molecule has 2 aromatic carbocycles. The van der Waals surface area contributed by atoms with Crippen molar-refractivity contribution in [2.75, 3.05) is 6.54 Å². The summed E-state index contributed by atoms with van der Waals surface area (Å²) in [5, 5.41) is 5.55. The molecule has 1 spiro atoms. The second-order valence-corrected chi connectivity index (χ2v) is 8.85. The minimum atomic E-state index is -1.06. The van der Waals surface area contributed by atoms with Gasteiger partial charge in [-0.3, -0.25) is 14.5 Å². The summed E-state index contributed by atoms with van der Waals surface area (Å²) in [5.41, 5.74) is 1.73. The summed E-state index contributed by atoms with van der Waals surface area (Å²) in [6, 6.07) is 18.4. The fourth-order valence-electron chi connectivity index (χ4n) is 4.36. The Hall–Kier alpha value is -3.39. The van der Waals surface area contributed by atoms with Crippen molar-refractivity contribution in [2.45, 2.75) is 24.9 Å². The minimum absolute atomic E-state index is 0.160. The molecule has 1 saturated heterocycles. The number of benzene rings is 2. The van der Waals surface area contributed by atoms with E-state index in [0.717, 1.165) is 26.1 Å². The zero-order valence-electron chi connectivity index (χ0n) is 17.1. The van der Waals surface area contributed by atoms with Crippen LogP contribution in [-0.2, 0) is 28.1 Å². The van der Waals surface area contributed by atoms with E-state index in [1.54, 1.807) is 6.07 Å². The molecule has 1 aromatic heterocycles. The van der Waals surface area contributed by atoms with Gasteiger partial charge in [0.2, 0.25) is 5.91 Å². The van der Waals surface area contributed by atoms with Crippen LogP contribution in [0, 0.1) is 0 Å². The molecule has 32 heavy (non-hydrogen) atoms. The molecule has 162 valence electrons. The van der Waals surface area contributed by atoms with E-state index in [2.05, 4.69) is 26.6 Å². The third kappa shape index (κ3) is 3.50. The average Bonchev–Trinajstić information content (AvgIpc) is 3.47. The van der Waals surface area contributed by atoms with Crippen LogP contribution in [0.25, 0.3) is 11.3 Å². The van der Waals surface area contributed by atoms with Crippen LogP contribution in [0.2, 0.25) is 0 Å². The van der Waals surface area contributed by atoms with Gasteiger partial charge in [0.1, 0.15) is 23.6 Å². The summed E-state index contributed by atoms with van der Waals surface area (Å²) in [7, 11) is 0. The second-order valence-electron chi connectivity index (χ2n) is 7.93. The number of furan rings is 1. The Labute approximate surface area is 192 Å². The van der Waals surface area contributed by atoms with E-state index >= 15 is 0 Å². The number of imide groups is 1. The third-order valence-corrected chi connectivity index (χ3v) is 6.50. The van der Waals surface area contributed by atoms with Crippen LogP contribution in [0.5, 0.6) is 0 Å². The molecular formula is C24H20BrN3O4. The Bertz CT molecular complexity index is 1220. The molecule has 5 rings (SSSR count). The molecule has 2 N–H and O–H groups in total. The lowest BCUT2D eigenvalue weighted by Crippen LogP contribution is -2.43. The van der Waals surface area contributed by atoms with E-state index in [4.69, 9.17) is 4.42 Å². The van der Waals surface area contributed by atoms with Gasteiger partial charge in [-0.15, -0.1) is 0 Å². The molecule has 1 aliphatic heterocycles. The van der Waals surface area contributed by atoms with Gasteiger partial charge in [0, 0.05) is 10.0 Å². The molecule has 1 atom stereocenters. The molecule has 0 radical (unpaired) electrons. The highest BCUT2D eigenvalue weighted by Crippen LogP contribution is 2.41. The highest BCUT2D eigenvalue weighted by Gasteiger charge is 2.55. The zero-order chi connectivity index (χ0) is 22.3. The minimum Gasteiger partial charge on any atom is -0.459 e. The smallest absolute Gasteiger partial charge is 0.325 e. The number of urea groups is 1. The summed E-state index contributed by atoms with van der Waals surface area (Å²) < 4.78 is 6.77. The molecule has 2 heterocycles. The van der Waals surface area contributed by atoms with E-state index in [1.807, 2.05) is 54.6 Å². The number of aryl methyl sites for hydroxylation is 1. The van der Waals surface area contributed by atoms with Crippen LogP contribution < -0.4 is 10.6 Å². The van der Waals surface area contributed by atoms with Crippen LogP contribution in [0.3, 0.4) is 0 Å². The van der Waals surface area contributed by atoms with Gasteiger partial charge in [-0.25, -0.2) is 4.79 Å². The van der Waals surface area contributed by atoms with E-state index in [9.17, 15) is 14.4 Å². The number of nitrogens with one attached hydrogen (secondary N) is 2. The highest BCUT2D eigenvalue weighted by atomic mass is 79.9. The van der Waals surface area contributed by atoms with E-state index < -0.39 is 17.5 Å². The number of hydrogen-bond donors (Lipinski definition) is 2. The van der Waals surface area contributed by atoms with Gasteiger partial charge in [0.15, 0.2) is 0 Å². The first-order chi connectivity index (χ1) is 15.5. The molecule has 7 nitrogen and oxygen atoms in total. The van der Waals surface area contributed by atoms with Gasteiger partial charge in [-0.2, -0.15) is 0 Å². The molecule has 1 fully saturated rings. The number of hydrogen-bond acceptors (Lipinski definition) is 4. The summed E-state index contributed by atoms with van der Waals surface area (Å²) in [6.07, 6.45) is 1.21. The first-order valence-electron chi connectivity index (χ1n) is 10.3. The second kappa shape index (κ2) is 7.94. The lowest BCUT2D eigenvalue weighted by Gasteiger charge is -2.22. The molecule has 0 bridgehead atoms. The predicted octanol–water partition coefficient (Wildman–Crippen LogP) is 3.72.